The summed E-state index contributed by atoms with van der Waals surface area (Å²) in [6.45, 7) is 3.69. The number of aliphatic carboxylic acids is 1. The van der Waals surface area contributed by atoms with Crippen LogP contribution in [0.4, 0.5) is 0 Å². The Morgan fingerprint density at radius 3 is 2.12 bits per heavy atom. The van der Waals surface area contributed by atoms with E-state index in [1.165, 1.54) is 12.1 Å². The molecule has 0 aliphatic rings. The SMILES string of the molecule is CC(C)CC(NC(=O)C(Cc1c[nH]c2ccccc12)NC(=O)C(CS)NC(=O)C(N)Cc1ccc(O)cc1)C(=O)O. The van der Waals surface area contributed by atoms with E-state index in [4.69, 9.17) is 5.73 Å². The fourth-order valence-electron chi connectivity index (χ4n) is 4.42. The lowest BCUT2D eigenvalue weighted by molar-refractivity contribution is -0.142. The largest absolute Gasteiger partial charge is 0.508 e. The van der Waals surface area contributed by atoms with Gasteiger partial charge in [-0.15, -0.1) is 0 Å². The predicted molar refractivity (Wildman–Crippen MR) is 159 cm³/mol. The number of carboxylic acids is 1. The maximum Gasteiger partial charge on any atom is 0.326 e. The molecule has 1 heterocycles. The van der Waals surface area contributed by atoms with Crippen molar-refractivity contribution < 1.29 is 29.4 Å². The smallest absolute Gasteiger partial charge is 0.326 e. The van der Waals surface area contributed by atoms with Crippen LogP contribution in [0, 0.1) is 5.92 Å². The van der Waals surface area contributed by atoms with Crippen LogP contribution in [0.25, 0.3) is 10.9 Å². The van der Waals surface area contributed by atoms with E-state index >= 15 is 0 Å². The Kier molecular flexibility index (Phi) is 11.2. The van der Waals surface area contributed by atoms with Crippen LogP contribution < -0.4 is 21.7 Å². The molecule has 1 aromatic heterocycles. The number of aromatic nitrogens is 1. The van der Waals surface area contributed by atoms with E-state index < -0.39 is 47.9 Å². The average Bonchev–Trinajstić information content (AvgIpc) is 3.34. The van der Waals surface area contributed by atoms with Crippen molar-refractivity contribution in [2.45, 2.75) is 57.3 Å². The molecule has 41 heavy (non-hydrogen) atoms. The van der Waals surface area contributed by atoms with Crippen molar-refractivity contribution in [1.82, 2.24) is 20.9 Å². The number of H-pyrrole nitrogens is 1. The number of carbonyl (C=O) groups is 4. The number of thiol groups is 1. The van der Waals surface area contributed by atoms with Crippen LogP contribution in [0.5, 0.6) is 5.75 Å². The highest BCUT2D eigenvalue weighted by molar-refractivity contribution is 7.80. The van der Waals surface area contributed by atoms with Crippen LogP contribution in [-0.2, 0) is 32.0 Å². The fourth-order valence-corrected chi connectivity index (χ4v) is 4.68. The number of phenolic OH excluding ortho intramolecular Hbond substituents is 1. The van der Waals surface area contributed by atoms with E-state index in [0.717, 1.165) is 22.0 Å². The third kappa shape index (κ3) is 8.98. The number of rotatable bonds is 14. The third-order valence-electron chi connectivity index (χ3n) is 6.60. The molecule has 4 atom stereocenters. The van der Waals surface area contributed by atoms with Gasteiger partial charge in [0.15, 0.2) is 0 Å². The van der Waals surface area contributed by atoms with E-state index in [0.29, 0.717) is 0 Å². The van der Waals surface area contributed by atoms with Crippen molar-refractivity contribution in [2.24, 2.45) is 11.7 Å². The molecule has 8 N–H and O–H groups in total. The molecule has 4 unspecified atom stereocenters. The first-order valence-corrected chi connectivity index (χ1v) is 13.9. The second-order valence-electron chi connectivity index (χ2n) is 10.4. The number of hydrogen-bond donors (Lipinski definition) is 8. The maximum absolute atomic E-state index is 13.4. The Morgan fingerprint density at radius 2 is 1.49 bits per heavy atom. The van der Waals surface area contributed by atoms with Gasteiger partial charge in [-0.05, 0) is 48.1 Å². The molecular formula is C29H37N5O6S. The number of phenols is 1. The van der Waals surface area contributed by atoms with Gasteiger partial charge < -0.3 is 36.9 Å². The van der Waals surface area contributed by atoms with Crippen molar-refractivity contribution in [3.05, 3.63) is 65.9 Å². The summed E-state index contributed by atoms with van der Waals surface area (Å²) in [5, 5.41) is 27.8. The summed E-state index contributed by atoms with van der Waals surface area (Å²) in [5.41, 5.74) is 8.37. The first-order valence-electron chi connectivity index (χ1n) is 13.3. The molecule has 0 bridgehead atoms. The number of nitrogens with two attached hydrogens (primary N) is 1. The van der Waals surface area contributed by atoms with Gasteiger partial charge in [0.05, 0.1) is 6.04 Å². The van der Waals surface area contributed by atoms with Crippen LogP contribution in [0.3, 0.4) is 0 Å². The van der Waals surface area contributed by atoms with Gasteiger partial charge in [0.2, 0.25) is 17.7 Å². The Hall–Kier alpha value is -4.03. The van der Waals surface area contributed by atoms with Crippen LogP contribution in [-0.4, -0.2) is 68.8 Å². The van der Waals surface area contributed by atoms with E-state index in [-0.39, 0.29) is 36.7 Å². The lowest BCUT2D eigenvalue weighted by Crippen LogP contribution is -2.58. The molecular weight excluding hydrogens is 546 g/mol. The normalized spacial score (nSPS) is 14.2. The number of carboxylic acid groups (broad SMARTS) is 1. The van der Waals surface area contributed by atoms with Crippen LogP contribution in [0.2, 0.25) is 0 Å². The van der Waals surface area contributed by atoms with E-state index in [1.807, 2.05) is 38.1 Å². The number of fused-ring (bicyclic) bond motifs is 1. The van der Waals surface area contributed by atoms with Crippen molar-refractivity contribution in [2.75, 3.05) is 5.75 Å². The minimum atomic E-state index is -1.17. The highest BCUT2D eigenvalue weighted by atomic mass is 32.1. The van der Waals surface area contributed by atoms with Gasteiger partial charge in [-0.2, -0.15) is 12.6 Å². The Labute approximate surface area is 243 Å². The first kappa shape index (κ1) is 31.5. The maximum atomic E-state index is 13.4. The zero-order valence-electron chi connectivity index (χ0n) is 23.0. The van der Waals surface area contributed by atoms with Gasteiger partial charge in [0.25, 0.3) is 0 Å². The molecule has 220 valence electrons. The Bertz CT molecular complexity index is 1360. The summed E-state index contributed by atoms with van der Waals surface area (Å²) >= 11 is 4.21. The van der Waals surface area contributed by atoms with E-state index in [2.05, 4.69) is 33.6 Å². The lowest BCUT2D eigenvalue weighted by Gasteiger charge is -2.25. The summed E-state index contributed by atoms with van der Waals surface area (Å²) in [4.78, 5) is 54.4. The van der Waals surface area contributed by atoms with Gasteiger partial charge in [-0.3, -0.25) is 14.4 Å². The molecule has 0 spiro atoms. The molecule has 12 heteroatoms. The van der Waals surface area contributed by atoms with E-state index in [9.17, 15) is 29.4 Å². The van der Waals surface area contributed by atoms with Gasteiger partial charge in [-0.1, -0.05) is 44.2 Å². The van der Waals surface area contributed by atoms with Crippen molar-refractivity contribution in [3.63, 3.8) is 0 Å². The second kappa shape index (κ2) is 14.6. The Balaban J connectivity index is 1.75. The Morgan fingerprint density at radius 1 is 0.878 bits per heavy atom. The van der Waals surface area contributed by atoms with Gasteiger partial charge in [0, 0.05) is 29.3 Å². The average molecular weight is 584 g/mol. The zero-order chi connectivity index (χ0) is 30.1. The number of carbonyl (C=O) groups excluding carboxylic acids is 3. The topological polar surface area (TPSA) is 187 Å². The summed E-state index contributed by atoms with van der Waals surface area (Å²) < 4.78 is 0. The van der Waals surface area contributed by atoms with Crippen LogP contribution in [0.15, 0.2) is 54.7 Å². The highest BCUT2D eigenvalue weighted by Gasteiger charge is 2.31. The summed E-state index contributed by atoms with van der Waals surface area (Å²) in [6.07, 6.45) is 2.19. The molecule has 0 saturated carbocycles. The molecule has 11 nitrogen and oxygen atoms in total. The summed E-state index contributed by atoms with van der Waals surface area (Å²) in [7, 11) is 0. The summed E-state index contributed by atoms with van der Waals surface area (Å²) in [5.74, 6) is -3.07. The molecule has 0 saturated heterocycles. The number of aromatic hydroxyl groups is 1. The minimum absolute atomic E-state index is 0.00705. The number of aromatic amines is 1. The monoisotopic (exact) mass is 583 g/mol. The number of amides is 3. The van der Waals surface area contributed by atoms with Crippen LogP contribution >= 0.6 is 12.6 Å². The minimum Gasteiger partial charge on any atom is -0.508 e. The fraction of sp³-hybridized carbons (Fsp3) is 0.379. The molecule has 2 aromatic carbocycles. The quantitative estimate of drug-likeness (QED) is 0.132. The number of benzene rings is 2. The molecule has 3 aromatic rings. The molecule has 3 rings (SSSR count). The summed E-state index contributed by atoms with van der Waals surface area (Å²) in [6, 6.07) is 9.36. The van der Waals surface area contributed by atoms with Crippen molar-refractivity contribution in [3.8, 4) is 5.75 Å². The van der Waals surface area contributed by atoms with E-state index in [1.54, 1.807) is 18.3 Å². The lowest BCUT2D eigenvalue weighted by atomic mass is 10.0. The molecule has 0 aliphatic carbocycles. The highest BCUT2D eigenvalue weighted by Crippen LogP contribution is 2.19. The second-order valence-corrected chi connectivity index (χ2v) is 10.7. The number of nitrogens with one attached hydrogen (secondary N) is 4. The molecule has 0 radical (unpaired) electrons. The standard InChI is InChI=1S/C29H37N5O6S/c1-16(2)11-24(29(39)40)33-27(37)23(13-18-14-31-22-6-4-3-5-20(18)22)32-28(38)25(15-41)34-26(36)21(30)12-17-7-9-19(35)10-8-17/h3-10,14,16,21,23-25,31,35,41H,11-13,15,30H2,1-2H3,(H,32,38)(H,33,37)(H,34,36)(H,39,40). The van der Waals surface area contributed by atoms with Crippen molar-refractivity contribution in [1.29, 1.82) is 0 Å². The predicted octanol–water partition coefficient (Wildman–Crippen LogP) is 1.50. The molecule has 3 amide bonds. The van der Waals surface area contributed by atoms with Gasteiger partial charge in [-0.25, -0.2) is 4.79 Å². The van der Waals surface area contributed by atoms with Gasteiger partial charge in [0.1, 0.15) is 23.9 Å². The van der Waals surface area contributed by atoms with Crippen molar-refractivity contribution >= 4 is 47.2 Å². The van der Waals surface area contributed by atoms with Gasteiger partial charge >= 0.3 is 5.97 Å². The number of hydrogen-bond acceptors (Lipinski definition) is 7. The number of para-hydroxylation sites is 1. The molecule has 0 aliphatic heterocycles. The first-order chi connectivity index (χ1) is 19.5. The molecule has 0 fully saturated rings. The zero-order valence-corrected chi connectivity index (χ0v) is 23.9. The third-order valence-corrected chi connectivity index (χ3v) is 6.96. The van der Waals surface area contributed by atoms with Crippen LogP contribution in [0.1, 0.15) is 31.4 Å².